The number of hydrogen-bond donors (Lipinski definition) is 2. The van der Waals surface area contributed by atoms with E-state index in [1.807, 2.05) is 26.0 Å². The molecule has 0 bridgehead atoms. The van der Waals surface area contributed by atoms with Gasteiger partial charge in [-0.2, -0.15) is 5.10 Å². The van der Waals surface area contributed by atoms with Crippen LogP contribution in [-0.2, 0) is 10.0 Å². The molecule has 168 valence electrons. The molecule has 3 aromatic rings. The van der Waals surface area contributed by atoms with Crippen LogP contribution in [0, 0.1) is 0 Å². The topological polar surface area (TPSA) is 115 Å². The zero-order valence-corrected chi connectivity index (χ0v) is 18.9. The number of carbonyl (C=O) groups excluding carboxylic acids is 1. The number of carbonyl (C=O) groups is 1. The maximum Gasteiger partial charge on any atom is 0.259 e. The van der Waals surface area contributed by atoms with Crippen molar-refractivity contribution < 1.29 is 17.9 Å². The van der Waals surface area contributed by atoms with Crippen LogP contribution < -0.4 is 14.8 Å². The monoisotopic (exact) mass is 455 g/mol. The Morgan fingerprint density at radius 3 is 2.62 bits per heavy atom. The number of methoxy groups -OCH3 is 1. The maximum absolute atomic E-state index is 13.2. The Labute approximate surface area is 186 Å². The molecule has 4 rings (SSSR count). The Morgan fingerprint density at radius 2 is 2.00 bits per heavy atom. The third-order valence-corrected chi connectivity index (χ3v) is 6.61. The van der Waals surface area contributed by atoms with Gasteiger partial charge in [-0.15, -0.1) is 0 Å². The van der Waals surface area contributed by atoms with Gasteiger partial charge in [0.05, 0.1) is 35.1 Å². The zero-order chi connectivity index (χ0) is 22.9. The standard InChI is InChI=1S/C22H25N5O4S/c1-14(2)21-17(13-24-27(21)20-6-4-5-11-23-20)22(28)25-18-12-16(9-10-19(18)31-3)32(29,30)26-15-7-8-15/h4-6,9-15,26H,7-8H2,1-3H3,(H,25,28). The molecule has 0 radical (unpaired) electrons. The number of anilines is 1. The molecule has 2 aromatic heterocycles. The second-order valence-corrected chi connectivity index (χ2v) is 9.62. The van der Waals surface area contributed by atoms with Crippen LogP contribution in [0.5, 0.6) is 5.75 Å². The minimum atomic E-state index is -3.68. The van der Waals surface area contributed by atoms with Gasteiger partial charge in [0.1, 0.15) is 5.75 Å². The second kappa shape index (κ2) is 8.71. The molecule has 0 unspecified atom stereocenters. The van der Waals surface area contributed by atoms with Gasteiger partial charge in [0, 0.05) is 12.2 Å². The molecule has 0 atom stereocenters. The summed E-state index contributed by atoms with van der Waals surface area (Å²) in [6.07, 6.45) is 4.81. The summed E-state index contributed by atoms with van der Waals surface area (Å²) in [5.41, 5.74) is 1.33. The van der Waals surface area contributed by atoms with Crippen LogP contribution in [0.4, 0.5) is 5.69 Å². The van der Waals surface area contributed by atoms with Crippen molar-refractivity contribution in [3.63, 3.8) is 0 Å². The van der Waals surface area contributed by atoms with Crippen molar-refractivity contribution in [2.24, 2.45) is 0 Å². The van der Waals surface area contributed by atoms with Gasteiger partial charge in [-0.05, 0) is 49.1 Å². The molecule has 32 heavy (non-hydrogen) atoms. The summed E-state index contributed by atoms with van der Waals surface area (Å²) in [5, 5.41) is 7.15. The van der Waals surface area contributed by atoms with Gasteiger partial charge in [-0.1, -0.05) is 19.9 Å². The Bertz CT molecular complexity index is 1230. The number of nitrogens with one attached hydrogen (secondary N) is 2. The highest BCUT2D eigenvalue weighted by atomic mass is 32.2. The molecular weight excluding hydrogens is 430 g/mol. The van der Waals surface area contributed by atoms with Gasteiger partial charge in [0.2, 0.25) is 10.0 Å². The van der Waals surface area contributed by atoms with E-state index in [4.69, 9.17) is 4.74 Å². The number of amides is 1. The van der Waals surface area contributed by atoms with Crippen molar-refractivity contribution in [3.8, 4) is 11.6 Å². The van der Waals surface area contributed by atoms with Crippen LogP contribution in [0.1, 0.15) is 48.7 Å². The van der Waals surface area contributed by atoms with Crippen LogP contribution in [0.25, 0.3) is 5.82 Å². The predicted octanol–water partition coefficient (Wildman–Crippen LogP) is 3.09. The van der Waals surface area contributed by atoms with Crippen LogP contribution in [0.15, 0.2) is 53.7 Å². The van der Waals surface area contributed by atoms with Crippen molar-refractivity contribution in [1.82, 2.24) is 19.5 Å². The highest BCUT2D eigenvalue weighted by Gasteiger charge is 2.29. The maximum atomic E-state index is 13.2. The summed E-state index contributed by atoms with van der Waals surface area (Å²) in [5.74, 6) is 0.523. The number of benzene rings is 1. The van der Waals surface area contributed by atoms with E-state index < -0.39 is 15.9 Å². The number of hydrogen-bond acceptors (Lipinski definition) is 6. The highest BCUT2D eigenvalue weighted by Crippen LogP contribution is 2.30. The van der Waals surface area contributed by atoms with Gasteiger partial charge >= 0.3 is 0 Å². The van der Waals surface area contributed by atoms with E-state index in [0.717, 1.165) is 12.8 Å². The summed E-state index contributed by atoms with van der Waals surface area (Å²) in [7, 11) is -2.22. The summed E-state index contributed by atoms with van der Waals surface area (Å²) < 4.78 is 34.8. The lowest BCUT2D eigenvalue weighted by atomic mass is 10.1. The van der Waals surface area contributed by atoms with Crippen molar-refractivity contribution in [2.75, 3.05) is 12.4 Å². The molecule has 1 aromatic carbocycles. The average Bonchev–Trinajstić information content (AvgIpc) is 3.45. The summed E-state index contributed by atoms with van der Waals surface area (Å²) in [4.78, 5) is 17.6. The molecule has 1 saturated carbocycles. The van der Waals surface area contributed by atoms with Gasteiger partial charge in [-0.3, -0.25) is 4.79 Å². The van der Waals surface area contributed by atoms with Crippen LogP contribution in [0.3, 0.4) is 0 Å². The van der Waals surface area contributed by atoms with E-state index in [1.165, 1.54) is 31.5 Å². The summed E-state index contributed by atoms with van der Waals surface area (Å²) >= 11 is 0. The molecule has 2 N–H and O–H groups in total. The molecule has 1 amide bonds. The van der Waals surface area contributed by atoms with Crippen molar-refractivity contribution in [2.45, 2.75) is 43.5 Å². The fourth-order valence-electron chi connectivity index (χ4n) is 3.38. The predicted molar refractivity (Wildman–Crippen MR) is 120 cm³/mol. The van der Waals surface area contributed by atoms with Crippen LogP contribution >= 0.6 is 0 Å². The van der Waals surface area contributed by atoms with E-state index >= 15 is 0 Å². The lowest BCUT2D eigenvalue weighted by Gasteiger charge is -2.14. The molecule has 1 aliphatic rings. The minimum absolute atomic E-state index is 0.0170. The largest absolute Gasteiger partial charge is 0.495 e. The Morgan fingerprint density at radius 1 is 1.22 bits per heavy atom. The van der Waals surface area contributed by atoms with Crippen molar-refractivity contribution in [3.05, 3.63) is 60.0 Å². The summed E-state index contributed by atoms with van der Waals surface area (Å²) in [6, 6.07) is 9.83. The fraction of sp³-hybridized carbons (Fsp3) is 0.318. The Hall–Kier alpha value is -3.24. The van der Waals surface area contributed by atoms with E-state index in [0.29, 0.717) is 22.8 Å². The van der Waals surface area contributed by atoms with Crippen LogP contribution in [0.2, 0.25) is 0 Å². The van der Waals surface area contributed by atoms with Gasteiger partial charge in [0.15, 0.2) is 5.82 Å². The number of rotatable bonds is 8. The molecule has 10 heteroatoms. The first kappa shape index (κ1) is 22.0. The second-order valence-electron chi connectivity index (χ2n) is 7.91. The van der Waals surface area contributed by atoms with E-state index in [1.54, 1.807) is 16.9 Å². The first-order valence-corrected chi connectivity index (χ1v) is 11.8. The molecule has 0 saturated heterocycles. The van der Waals surface area contributed by atoms with Crippen molar-refractivity contribution >= 4 is 21.6 Å². The number of sulfonamides is 1. The fourth-order valence-corrected chi connectivity index (χ4v) is 4.71. The quantitative estimate of drug-likeness (QED) is 0.539. The molecule has 1 aliphatic carbocycles. The van der Waals surface area contributed by atoms with Gasteiger partial charge < -0.3 is 10.1 Å². The highest BCUT2D eigenvalue weighted by molar-refractivity contribution is 7.89. The lowest BCUT2D eigenvalue weighted by Crippen LogP contribution is -2.26. The minimum Gasteiger partial charge on any atom is -0.495 e. The third-order valence-electron chi connectivity index (χ3n) is 5.09. The number of ether oxygens (including phenoxy) is 1. The van der Waals surface area contributed by atoms with Crippen LogP contribution in [-0.4, -0.2) is 42.2 Å². The number of nitrogens with zero attached hydrogens (tertiary/aromatic N) is 3. The third kappa shape index (κ3) is 4.51. The Kier molecular flexibility index (Phi) is 5.98. The number of pyridine rings is 1. The van der Waals surface area contributed by atoms with E-state index in [2.05, 4.69) is 20.1 Å². The first-order valence-electron chi connectivity index (χ1n) is 10.3. The van der Waals surface area contributed by atoms with E-state index in [9.17, 15) is 13.2 Å². The molecule has 9 nitrogen and oxygen atoms in total. The normalized spacial score (nSPS) is 13.9. The molecule has 0 aliphatic heterocycles. The number of aromatic nitrogens is 3. The van der Waals surface area contributed by atoms with E-state index in [-0.39, 0.29) is 22.5 Å². The van der Waals surface area contributed by atoms with Crippen molar-refractivity contribution in [1.29, 1.82) is 0 Å². The molecule has 2 heterocycles. The van der Waals surface area contributed by atoms with Gasteiger partial charge in [0.25, 0.3) is 5.91 Å². The molecule has 0 spiro atoms. The average molecular weight is 456 g/mol. The Balaban J connectivity index is 1.67. The lowest BCUT2D eigenvalue weighted by molar-refractivity contribution is 0.102. The first-order chi connectivity index (χ1) is 15.3. The van der Waals surface area contributed by atoms with Gasteiger partial charge in [-0.25, -0.2) is 22.8 Å². The smallest absolute Gasteiger partial charge is 0.259 e. The summed E-state index contributed by atoms with van der Waals surface area (Å²) in [6.45, 7) is 3.93. The molecular formula is C22H25N5O4S. The molecule has 1 fully saturated rings. The zero-order valence-electron chi connectivity index (χ0n) is 18.1. The SMILES string of the molecule is COc1ccc(S(=O)(=O)NC2CC2)cc1NC(=O)c1cnn(-c2ccccn2)c1C(C)C.